The lowest BCUT2D eigenvalue weighted by molar-refractivity contribution is -0.167. The van der Waals surface area contributed by atoms with Crippen molar-refractivity contribution >= 4 is 17.9 Å². The van der Waals surface area contributed by atoms with Crippen LogP contribution in [0, 0.1) is 0 Å². The highest BCUT2D eigenvalue weighted by atomic mass is 16.6. The number of esters is 3. The van der Waals surface area contributed by atoms with Gasteiger partial charge in [0.2, 0.25) is 0 Å². The van der Waals surface area contributed by atoms with Crippen LogP contribution < -0.4 is 0 Å². The number of carbonyl (C=O) groups is 3. The van der Waals surface area contributed by atoms with E-state index in [1.54, 1.807) is 0 Å². The van der Waals surface area contributed by atoms with Gasteiger partial charge in [0.15, 0.2) is 6.10 Å². The number of unbranched alkanes of at least 4 members (excludes halogenated alkanes) is 36. The second-order valence-electron chi connectivity index (χ2n) is 23.1. The largest absolute Gasteiger partial charge is 0.462 e. The molecule has 0 aliphatic heterocycles. The Balaban J connectivity index is 4.15. The van der Waals surface area contributed by atoms with Crippen molar-refractivity contribution in [2.45, 2.75) is 348 Å². The minimum Gasteiger partial charge on any atom is -0.462 e. The van der Waals surface area contributed by atoms with E-state index in [4.69, 9.17) is 14.2 Å². The summed E-state index contributed by atoms with van der Waals surface area (Å²) in [6, 6.07) is 0. The summed E-state index contributed by atoms with van der Waals surface area (Å²) >= 11 is 0. The summed E-state index contributed by atoms with van der Waals surface area (Å²) in [5.41, 5.74) is 0. The first kappa shape index (κ1) is 77.3. The second kappa shape index (κ2) is 68.8. The second-order valence-corrected chi connectivity index (χ2v) is 23.1. The normalized spacial score (nSPS) is 12.7. The maximum absolute atomic E-state index is 12.9. The van der Waals surface area contributed by atoms with Crippen LogP contribution in [0.3, 0.4) is 0 Å². The van der Waals surface area contributed by atoms with Crippen LogP contribution in [0.15, 0.2) is 97.2 Å². The van der Waals surface area contributed by atoms with E-state index in [9.17, 15) is 14.4 Å². The first-order valence-corrected chi connectivity index (χ1v) is 34.7. The Morgan fingerprint density at radius 2 is 0.481 bits per heavy atom. The molecule has 0 spiro atoms. The molecule has 0 N–H and O–H groups in total. The highest BCUT2D eigenvalue weighted by Gasteiger charge is 2.19. The summed E-state index contributed by atoms with van der Waals surface area (Å²) in [6.45, 7) is 6.52. The number of hydrogen-bond acceptors (Lipinski definition) is 6. The third kappa shape index (κ3) is 67.0. The maximum Gasteiger partial charge on any atom is 0.306 e. The van der Waals surface area contributed by atoms with Crippen LogP contribution in [0.25, 0.3) is 0 Å². The number of allylic oxidation sites excluding steroid dienone is 16. The Hall–Kier alpha value is -3.67. The third-order valence-corrected chi connectivity index (χ3v) is 15.1. The molecule has 0 saturated heterocycles. The molecule has 0 fully saturated rings. The summed E-state index contributed by atoms with van der Waals surface area (Å²) in [7, 11) is 0. The molecule has 0 saturated carbocycles. The molecule has 0 heterocycles. The predicted octanol–water partition coefficient (Wildman–Crippen LogP) is 24.0. The molecule has 0 bridgehead atoms. The van der Waals surface area contributed by atoms with E-state index in [0.29, 0.717) is 19.3 Å². The molecule has 81 heavy (non-hydrogen) atoms. The zero-order chi connectivity index (χ0) is 58.5. The molecule has 0 aliphatic carbocycles. The summed E-state index contributed by atoms with van der Waals surface area (Å²) in [5.74, 6) is -0.873. The van der Waals surface area contributed by atoms with Crippen molar-refractivity contribution in [1.82, 2.24) is 0 Å². The first-order valence-electron chi connectivity index (χ1n) is 34.7. The van der Waals surface area contributed by atoms with Gasteiger partial charge in [-0.15, -0.1) is 0 Å². The molecular weight excluding hydrogens is 997 g/mol. The molecule has 1 unspecified atom stereocenters. The number of carbonyl (C=O) groups excluding carboxylic acids is 3. The highest BCUT2D eigenvalue weighted by Crippen LogP contribution is 2.17. The summed E-state index contributed by atoms with van der Waals surface area (Å²) in [4.78, 5) is 38.3. The van der Waals surface area contributed by atoms with E-state index < -0.39 is 6.10 Å². The highest BCUT2D eigenvalue weighted by molar-refractivity contribution is 5.71. The van der Waals surface area contributed by atoms with Gasteiger partial charge in [-0.05, 0) is 103 Å². The molecule has 0 aliphatic rings. The molecular formula is C75H130O6. The molecule has 0 amide bonds. The van der Waals surface area contributed by atoms with Gasteiger partial charge in [-0.3, -0.25) is 14.4 Å². The fraction of sp³-hybridized carbons (Fsp3) is 0.747. The van der Waals surface area contributed by atoms with Gasteiger partial charge in [0.25, 0.3) is 0 Å². The smallest absolute Gasteiger partial charge is 0.306 e. The Morgan fingerprint density at radius 3 is 0.753 bits per heavy atom. The van der Waals surface area contributed by atoms with Crippen molar-refractivity contribution < 1.29 is 28.6 Å². The molecule has 0 aromatic carbocycles. The van der Waals surface area contributed by atoms with Gasteiger partial charge in [-0.2, -0.15) is 0 Å². The van der Waals surface area contributed by atoms with E-state index in [0.717, 1.165) is 109 Å². The zero-order valence-corrected chi connectivity index (χ0v) is 53.5. The quantitative estimate of drug-likeness (QED) is 0.0261. The molecule has 0 aromatic heterocycles. The van der Waals surface area contributed by atoms with Crippen LogP contribution in [0.5, 0.6) is 0 Å². The van der Waals surface area contributed by atoms with Crippen molar-refractivity contribution in [2.24, 2.45) is 0 Å². The van der Waals surface area contributed by atoms with Crippen LogP contribution in [0.4, 0.5) is 0 Å². The van der Waals surface area contributed by atoms with Gasteiger partial charge in [0.05, 0.1) is 0 Å². The van der Waals surface area contributed by atoms with Crippen LogP contribution in [-0.4, -0.2) is 37.2 Å². The van der Waals surface area contributed by atoms with Gasteiger partial charge in [-0.1, -0.05) is 317 Å². The lowest BCUT2D eigenvalue weighted by Crippen LogP contribution is -2.30. The molecule has 466 valence electrons. The Morgan fingerprint density at radius 1 is 0.259 bits per heavy atom. The van der Waals surface area contributed by atoms with Crippen molar-refractivity contribution in [3.8, 4) is 0 Å². The van der Waals surface area contributed by atoms with Gasteiger partial charge in [0, 0.05) is 19.3 Å². The van der Waals surface area contributed by atoms with Gasteiger partial charge in [0.1, 0.15) is 13.2 Å². The van der Waals surface area contributed by atoms with E-state index >= 15 is 0 Å². The summed E-state index contributed by atoms with van der Waals surface area (Å²) < 4.78 is 16.9. The number of rotatable bonds is 63. The van der Waals surface area contributed by atoms with Crippen molar-refractivity contribution in [1.29, 1.82) is 0 Å². The Kier molecular flexibility index (Phi) is 65.7. The van der Waals surface area contributed by atoms with Crippen molar-refractivity contribution in [3.05, 3.63) is 97.2 Å². The van der Waals surface area contributed by atoms with Crippen LogP contribution in [0.2, 0.25) is 0 Å². The fourth-order valence-electron chi connectivity index (χ4n) is 9.89. The Labute approximate surface area is 502 Å². The summed E-state index contributed by atoms with van der Waals surface area (Å²) in [6.07, 6.45) is 93.0. The summed E-state index contributed by atoms with van der Waals surface area (Å²) in [5, 5.41) is 0. The predicted molar refractivity (Wildman–Crippen MR) is 353 cm³/mol. The van der Waals surface area contributed by atoms with Crippen LogP contribution in [0.1, 0.15) is 342 Å². The Bertz CT molecular complexity index is 1580. The van der Waals surface area contributed by atoms with Crippen LogP contribution >= 0.6 is 0 Å². The lowest BCUT2D eigenvalue weighted by atomic mass is 10.0. The fourth-order valence-corrected chi connectivity index (χ4v) is 9.89. The van der Waals surface area contributed by atoms with Gasteiger partial charge < -0.3 is 14.2 Å². The first-order chi connectivity index (χ1) is 40.0. The zero-order valence-electron chi connectivity index (χ0n) is 53.5. The molecule has 6 heteroatoms. The van der Waals surface area contributed by atoms with Crippen molar-refractivity contribution in [2.75, 3.05) is 13.2 Å². The maximum atomic E-state index is 12.9. The van der Waals surface area contributed by atoms with Crippen LogP contribution in [-0.2, 0) is 28.6 Å². The average Bonchev–Trinajstić information content (AvgIpc) is 3.47. The molecule has 0 aromatic rings. The molecule has 0 radical (unpaired) electrons. The monoisotopic (exact) mass is 1130 g/mol. The van der Waals surface area contributed by atoms with E-state index in [1.165, 1.54) is 193 Å². The van der Waals surface area contributed by atoms with E-state index in [-0.39, 0.29) is 31.1 Å². The molecule has 6 nitrogen and oxygen atoms in total. The van der Waals surface area contributed by atoms with Crippen molar-refractivity contribution in [3.63, 3.8) is 0 Å². The standard InChI is InChI=1S/C75H130O6/c1-4-7-10-13-16-19-21-23-25-27-29-31-33-34-35-36-37-38-39-40-42-43-45-47-49-51-53-56-59-62-65-68-74(77)80-71-72(70-79-73(76)67-64-61-58-55-18-15-12-9-6-3)81-75(78)69-66-63-60-57-54-52-50-48-46-44-41-32-30-28-26-24-22-20-17-14-11-8-5-2/h7,10,16,19,22-25,28-31,34-35,41,44,72H,4-6,8-9,11-15,17-18,20-21,26-27,32-33,36-40,42-43,45-71H2,1-3H3/b10-7-,19-16-,24-22-,25-23-,30-28-,31-29-,35-34-,44-41-. The minimum absolute atomic E-state index is 0.0766. The third-order valence-electron chi connectivity index (χ3n) is 15.1. The lowest BCUT2D eigenvalue weighted by Gasteiger charge is -2.18. The van der Waals surface area contributed by atoms with Gasteiger partial charge >= 0.3 is 17.9 Å². The van der Waals surface area contributed by atoms with E-state index in [2.05, 4.69) is 118 Å². The topological polar surface area (TPSA) is 78.9 Å². The molecule has 0 rings (SSSR count). The number of hydrogen-bond donors (Lipinski definition) is 0. The SMILES string of the molecule is CC/C=C\C/C=C\C/C=C\C/C=C\C/C=C\CCCCCCCCCCCCCCCCCC(=O)OCC(COC(=O)CCCCCCCCCCC)OC(=O)CCCCCCCCCC/C=C\C/C=C\C/C=C\CCCCCCC. The average molecular weight is 1130 g/mol. The van der Waals surface area contributed by atoms with E-state index in [1.807, 2.05) is 0 Å². The minimum atomic E-state index is -0.780. The van der Waals surface area contributed by atoms with Gasteiger partial charge in [-0.25, -0.2) is 0 Å². The number of ether oxygens (including phenoxy) is 3. The molecule has 1 atom stereocenters.